The number of hydrogen-bond donors (Lipinski definition) is 0. The zero-order valence-electron chi connectivity index (χ0n) is 15.2. The monoisotopic (exact) mass is 339 g/mol. The molecule has 5 nitrogen and oxygen atoms in total. The van der Waals surface area contributed by atoms with E-state index in [1.54, 1.807) is 6.07 Å². The number of piperidine rings is 1. The van der Waals surface area contributed by atoms with E-state index in [2.05, 4.69) is 37.1 Å². The van der Waals surface area contributed by atoms with Crippen LogP contribution in [0, 0.1) is 20.8 Å². The first kappa shape index (κ1) is 17.4. The number of likely N-dealkylation sites (tertiary alicyclic amines) is 1. The Morgan fingerprint density at radius 2 is 1.96 bits per heavy atom. The molecule has 1 aromatic carbocycles. The van der Waals surface area contributed by atoms with Crippen molar-refractivity contribution >= 4 is 5.91 Å². The second-order valence-electron chi connectivity index (χ2n) is 6.86. The van der Waals surface area contributed by atoms with E-state index in [0.29, 0.717) is 0 Å². The zero-order valence-corrected chi connectivity index (χ0v) is 15.2. The van der Waals surface area contributed by atoms with Gasteiger partial charge < -0.3 is 4.90 Å². The molecule has 1 aliphatic heterocycles. The lowest BCUT2D eigenvalue weighted by Gasteiger charge is -2.37. The molecule has 1 aromatic heterocycles. The van der Waals surface area contributed by atoms with Crippen LogP contribution in [0.1, 0.15) is 47.7 Å². The van der Waals surface area contributed by atoms with Crippen molar-refractivity contribution in [2.45, 2.75) is 52.6 Å². The first-order valence-corrected chi connectivity index (χ1v) is 8.87. The van der Waals surface area contributed by atoms with Crippen molar-refractivity contribution in [1.29, 1.82) is 0 Å². The van der Waals surface area contributed by atoms with Crippen LogP contribution < -0.4 is 5.56 Å². The molecule has 132 valence electrons. The van der Waals surface area contributed by atoms with Crippen LogP contribution in [-0.2, 0) is 11.3 Å². The van der Waals surface area contributed by atoms with E-state index in [4.69, 9.17) is 0 Å². The Balaban J connectivity index is 1.88. The van der Waals surface area contributed by atoms with Gasteiger partial charge in [-0.25, -0.2) is 4.68 Å². The summed E-state index contributed by atoms with van der Waals surface area (Å²) in [4.78, 5) is 26.8. The average Bonchev–Trinajstić information content (AvgIpc) is 2.60. The van der Waals surface area contributed by atoms with Gasteiger partial charge in [-0.05, 0) is 62.8 Å². The van der Waals surface area contributed by atoms with E-state index >= 15 is 0 Å². The summed E-state index contributed by atoms with van der Waals surface area (Å²) >= 11 is 0. The molecule has 0 N–H and O–H groups in total. The van der Waals surface area contributed by atoms with Crippen molar-refractivity contribution in [3.63, 3.8) is 0 Å². The molecule has 0 saturated carbocycles. The molecule has 1 fully saturated rings. The molecule has 25 heavy (non-hydrogen) atoms. The van der Waals surface area contributed by atoms with E-state index in [0.717, 1.165) is 31.5 Å². The van der Waals surface area contributed by atoms with Gasteiger partial charge in [0.05, 0.1) is 11.7 Å². The number of benzene rings is 1. The highest BCUT2D eigenvalue weighted by Gasteiger charge is 2.29. The predicted molar refractivity (Wildman–Crippen MR) is 97.5 cm³/mol. The van der Waals surface area contributed by atoms with Gasteiger partial charge in [0.25, 0.3) is 5.56 Å². The van der Waals surface area contributed by atoms with Crippen LogP contribution in [-0.4, -0.2) is 27.1 Å². The van der Waals surface area contributed by atoms with Gasteiger partial charge in [-0.15, -0.1) is 0 Å². The molecule has 0 bridgehead atoms. The standard InChI is InChI=1S/C20H25N3O2/c1-14-7-6-8-17(16(14)3)18-9-4-5-12-22(18)20(25)13-23-19(24)11-10-15(2)21-23/h6-8,10-11,18H,4-5,9,12-13H2,1-3H3/t18-/m1/s1. The van der Waals surface area contributed by atoms with Crippen LogP contribution >= 0.6 is 0 Å². The largest absolute Gasteiger partial charge is 0.334 e. The molecule has 1 saturated heterocycles. The zero-order chi connectivity index (χ0) is 18.0. The van der Waals surface area contributed by atoms with Gasteiger partial charge in [-0.3, -0.25) is 9.59 Å². The summed E-state index contributed by atoms with van der Waals surface area (Å²) in [6.45, 7) is 6.78. The van der Waals surface area contributed by atoms with Crippen LogP contribution in [0.5, 0.6) is 0 Å². The molecule has 1 amide bonds. The number of amides is 1. The summed E-state index contributed by atoms with van der Waals surface area (Å²) in [6, 6.07) is 9.50. The van der Waals surface area contributed by atoms with E-state index in [1.807, 2.05) is 11.8 Å². The van der Waals surface area contributed by atoms with Gasteiger partial charge in [-0.2, -0.15) is 5.10 Å². The normalized spacial score (nSPS) is 17.6. The third-order valence-electron chi connectivity index (χ3n) is 5.11. The van der Waals surface area contributed by atoms with Crippen LogP contribution in [0.2, 0.25) is 0 Å². The van der Waals surface area contributed by atoms with Gasteiger partial charge in [-0.1, -0.05) is 18.2 Å². The van der Waals surface area contributed by atoms with E-state index in [1.165, 1.54) is 27.4 Å². The van der Waals surface area contributed by atoms with Crippen LogP contribution in [0.4, 0.5) is 0 Å². The summed E-state index contributed by atoms with van der Waals surface area (Å²) < 4.78 is 1.27. The average molecular weight is 339 g/mol. The summed E-state index contributed by atoms with van der Waals surface area (Å²) in [5, 5.41) is 4.19. The Kier molecular flexibility index (Phi) is 5.02. The Labute approximate surface area is 148 Å². The number of rotatable bonds is 3. The predicted octanol–water partition coefficient (Wildman–Crippen LogP) is 2.92. The molecule has 0 unspecified atom stereocenters. The van der Waals surface area contributed by atoms with Crippen molar-refractivity contribution < 1.29 is 4.79 Å². The fourth-order valence-electron chi connectivity index (χ4n) is 3.57. The number of aromatic nitrogens is 2. The summed E-state index contributed by atoms with van der Waals surface area (Å²) in [7, 11) is 0. The van der Waals surface area contributed by atoms with Crippen LogP contribution in [0.3, 0.4) is 0 Å². The Bertz CT molecular complexity index is 841. The van der Waals surface area contributed by atoms with Crippen molar-refractivity contribution in [1.82, 2.24) is 14.7 Å². The number of aryl methyl sites for hydroxylation is 2. The minimum atomic E-state index is -0.237. The second-order valence-corrected chi connectivity index (χ2v) is 6.86. The topological polar surface area (TPSA) is 55.2 Å². The third-order valence-corrected chi connectivity index (χ3v) is 5.11. The van der Waals surface area contributed by atoms with E-state index < -0.39 is 0 Å². The highest BCUT2D eigenvalue weighted by Crippen LogP contribution is 2.33. The Morgan fingerprint density at radius 1 is 1.16 bits per heavy atom. The SMILES string of the molecule is Cc1ccc(=O)n(CC(=O)N2CCCC[C@@H]2c2cccc(C)c2C)n1. The molecule has 1 aliphatic rings. The van der Waals surface area contributed by atoms with Crippen molar-refractivity contribution in [3.05, 3.63) is 63.1 Å². The first-order chi connectivity index (χ1) is 12.0. The molecule has 2 heterocycles. The highest BCUT2D eigenvalue weighted by molar-refractivity contribution is 5.76. The lowest BCUT2D eigenvalue weighted by Crippen LogP contribution is -2.42. The maximum Gasteiger partial charge on any atom is 0.267 e. The molecule has 3 rings (SSSR count). The smallest absolute Gasteiger partial charge is 0.267 e. The first-order valence-electron chi connectivity index (χ1n) is 8.87. The molecular weight excluding hydrogens is 314 g/mol. The maximum atomic E-state index is 12.9. The second kappa shape index (κ2) is 7.21. The molecule has 2 aromatic rings. The van der Waals surface area contributed by atoms with Gasteiger partial charge in [0.2, 0.25) is 5.91 Å². The summed E-state index contributed by atoms with van der Waals surface area (Å²) in [6.07, 6.45) is 3.08. The number of carbonyl (C=O) groups excluding carboxylic acids is 1. The molecule has 0 aliphatic carbocycles. The molecular formula is C20H25N3O2. The third kappa shape index (κ3) is 3.65. The van der Waals surface area contributed by atoms with Crippen LogP contribution in [0.15, 0.2) is 35.1 Å². The van der Waals surface area contributed by atoms with Crippen molar-refractivity contribution in [2.24, 2.45) is 0 Å². The van der Waals surface area contributed by atoms with Crippen molar-refractivity contribution in [2.75, 3.05) is 6.54 Å². The van der Waals surface area contributed by atoms with Crippen LogP contribution in [0.25, 0.3) is 0 Å². The minimum absolute atomic E-state index is 0.00186. The van der Waals surface area contributed by atoms with Gasteiger partial charge in [0.1, 0.15) is 6.54 Å². The van der Waals surface area contributed by atoms with E-state index in [-0.39, 0.29) is 24.1 Å². The fourth-order valence-corrected chi connectivity index (χ4v) is 3.57. The maximum absolute atomic E-state index is 12.9. The lowest BCUT2D eigenvalue weighted by atomic mass is 9.90. The highest BCUT2D eigenvalue weighted by atomic mass is 16.2. The Morgan fingerprint density at radius 3 is 2.76 bits per heavy atom. The molecule has 1 atom stereocenters. The van der Waals surface area contributed by atoms with Gasteiger partial charge >= 0.3 is 0 Å². The van der Waals surface area contributed by atoms with E-state index in [9.17, 15) is 9.59 Å². The van der Waals surface area contributed by atoms with Crippen molar-refractivity contribution in [3.8, 4) is 0 Å². The molecule has 5 heteroatoms. The summed E-state index contributed by atoms with van der Waals surface area (Å²) in [5.74, 6) is -0.0363. The fraction of sp³-hybridized carbons (Fsp3) is 0.450. The number of hydrogen-bond acceptors (Lipinski definition) is 3. The number of nitrogens with zero attached hydrogens (tertiary/aromatic N) is 3. The lowest BCUT2D eigenvalue weighted by molar-refractivity contribution is -0.136. The molecule has 0 spiro atoms. The quantitative estimate of drug-likeness (QED) is 0.864. The Hall–Kier alpha value is -2.43. The molecule has 0 radical (unpaired) electrons. The summed E-state index contributed by atoms with van der Waals surface area (Å²) in [5.41, 5.74) is 4.21. The van der Waals surface area contributed by atoms with Gasteiger partial charge in [0, 0.05) is 12.6 Å². The van der Waals surface area contributed by atoms with Gasteiger partial charge in [0.15, 0.2) is 0 Å². The minimum Gasteiger partial charge on any atom is -0.334 e. The number of carbonyl (C=O) groups is 1.